The molecule has 1 aliphatic carbocycles. The van der Waals surface area contributed by atoms with E-state index in [0.29, 0.717) is 32.0 Å². The van der Waals surface area contributed by atoms with Gasteiger partial charge in [0.25, 0.3) is 0 Å². The van der Waals surface area contributed by atoms with Crippen molar-refractivity contribution in [3.05, 3.63) is 0 Å². The van der Waals surface area contributed by atoms with E-state index in [-0.39, 0.29) is 37.1 Å². The summed E-state index contributed by atoms with van der Waals surface area (Å²) in [6, 6.07) is 0.303. The standard InChI is InChI=1S/C12H20F2N2O.ClH/c1-9-8-16(7-6-15-9)11(17)10-2-4-12(13,14)5-3-10;/h9-10,15H,2-8H2,1H3;1H/t9-;/m1./s1. The first kappa shape index (κ1) is 15.6. The fourth-order valence-electron chi connectivity index (χ4n) is 2.68. The molecule has 1 saturated carbocycles. The summed E-state index contributed by atoms with van der Waals surface area (Å²) < 4.78 is 26.0. The van der Waals surface area contributed by atoms with E-state index < -0.39 is 5.92 Å². The van der Waals surface area contributed by atoms with Gasteiger partial charge in [0.05, 0.1) is 0 Å². The molecule has 0 unspecified atom stereocenters. The van der Waals surface area contributed by atoms with Gasteiger partial charge in [-0.2, -0.15) is 0 Å². The number of alkyl halides is 2. The third-order valence-electron chi connectivity index (χ3n) is 3.75. The highest BCUT2D eigenvalue weighted by atomic mass is 35.5. The van der Waals surface area contributed by atoms with E-state index in [4.69, 9.17) is 0 Å². The molecule has 0 aromatic carbocycles. The van der Waals surface area contributed by atoms with Crippen molar-refractivity contribution in [3.8, 4) is 0 Å². The number of piperazine rings is 1. The van der Waals surface area contributed by atoms with Gasteiger partial charge in [0, 0.05) is 44.4 Å². The summed E-state index contributed by atoms with van der Waals surface area (Å²) in [4.78, 5) is 14.0. The third kappa shape index (κ3) is 3.79. The summed E-state index contributed by atoms with van der Waals surface area (Å²) in [6.45, 7) is 4.24. The summed E-state index contributed by atoms with van der Waals surface area (Å²) in [5, 5.41) is 3.27. The number of halogens is 3. The van der Waals surface area contributed by atoms with Crippen LogP contribution >= 0.6 is 12.4 Å². The molecular formula is C12H21ClF2N2O. The van der Waals surface area contributed by atoms with Gasteiger partial charge >= 0.3 is 0 Å². The van der Waals surface area contributed by atoms with Gasteiger partial charge in [0.2, 0.25) is 11.8 Å². The predicted molar refractivity (Wildman–Crippen MR) is 68.2 cm³/mol. The van der Waals surface area contributed by atoms with Crippen LogP contribution in [0.3, 0.4) is 0 Å². The van der Waals surface area contributed by atoms with Gasteiger partial charge in [-0.05, 0) is 19.8 Å². The molecule has 0 aromatic heterocycles. The number of hydrogen-bond acceptors (Lipinski definition) is 2. The smallest absolute Gasteiger partial charge is 0.248 e. The largest absolute Gasteiger partial charge is 0.340 e. The predicted octanol–water partition coefficient (Wildman–Crippen LogP) is 2.05. The lowest BCUT2D eigenvalue weighted by Gasteiger charge is -2.36. The van der Waals surface area contributed by atoms with Crippen molar-refractivity contribution in [2.24, 2.45) is 5.92 Å². The van der Waals surface area contributed by atoms with Gasteiger partial charge in [0.15, 0.2) is 0 Å². The lowest BCUT2D eigenvalue weighted by Crippen LogP contribution is -2.53. The van der Waals surface area contributed by atoms with E-state index in [9.17, 15) is 13.6 Å². The van der Waals surface area contributed by atoms with E-state index in [1.807, 2.05) is 11.8 Å². The Kier molecular flexibility index (Phi) is 5.34. The summed E-state index contributed by atoms with van der Waals surface area (Å²) in [6.07, 6.45) is 0.407. The van der Waals surface area contributed by atoms with E-state index in [2.05, 4.69) is 5.32 Å². The van der Waals surface area contributed by atoms with Gasteiger partial charge < -0.3 is 10.2 Å². The van der Waals surface area contributed by atoms with Gasteiger partial charge in [-0.1, -0.05) is 0 Å². The van der Waals surface area contributed by atoms with Crippen molar-refractivity contribution in [1.82, 2.24) is 10.2 Å². The molecule has 1 atom stereocenters. The minimum absolute atomic E-state index is 0. The first-order valence-electron chi connectivity index (χ1n) is 6.38. The van der Waals surface area contributed by atoms with Gasteiger partial charge in [-0.25, -0.2) is 8.78 Å². The average Bonchev–Trinajstić information content (AvgIpc) is 2.28. The van der Waals surface area contributed by atoms with Crippen LogP contribution in [0.15, 0.2) is 0 Å². The van der Waals surface area contributed by atoms with Crippen LogP contribution in [0.5, 0.6) is 0 Å². The highest BCUT2D eigenvalue weighted by Gasteiger charge is 2.38. The summed E-state index contributed by atoms with van der Waals surface area (Å²) in [5.41, 5.74) is 0. The van der Waals surface area contributed by atoms with Crippen LogP contribution in [0, 0.1) is 5.92 Å². The van der Waals surface area contributed by atoms with Crippen molar-refractivity contribution in [1.29, 1.82) is 0 Å². The average molecular weight is 283 g/mol. The molecule has 106 valence electrons. The molecule has 0 aromatic rings. The van der Waals surface area contributed by atoms with Crippen molar-refractivity contribution < 1.29 is 13.6 Å². The SMILES string of the molecule is C[C@@H]1CN(C(=O)C2CCC(F)(F)CC2)CCN1.Cl. The maximum atomic E-state index is 13.0. The molecule has 1 heterocycles. The number of carbonyl (C=O) groups excluding carboxylic acids is 1. The summed E-state index contributed by atoms with van der Waals surface area (Å²) in [5.74, 6) is -2.65. The Morgan fingerprint density at radius 3 is 2.50 bits per heavy atom. The van der Waals surface area contributed by atoms with Crippen LogP contribution in [0.25, 0.3) is 0 Å². The van der Waals surface area contributed by atoms with Gasteiger partial charge in [-0.3, -0.25) is 4.79 Å². The Bertz CT molecular complexity index is 292. The zero-order chi connectivity index (χ0) is 12.5. The maximum absolute atomic E-state index is 13.0. The molecule has 2 fully saturated rings. The number of rotatable bonds is 1. The lowest BCUT2D eigenvalue weighted by molar-refractivity contribution is -0.140. The van der Waals surface area contributed by atoms with Crippen LogP contribution in [0.2, 0.25) is 0 Å². The van der Waals surface area contributed by atoms with Crippen molar-refractivity contribution in [3.63, 3.8) is 0 Å². The number of nitrogens with one attached hydrogen (secondary N) is 1. The first-order valence-corrected chi connectivity index (χ1v) is 6.38. The lowest BCUT2D eigenvalue weighted by atomic mass is 9.85. The fourth-order valence-corrected chi connectivity index (χ4v) is 2.68. The molecular weight excluding hydrogens is 262 g/mol. The molecule has 1 aliphatic heterocycles. The summed E-state index contributed by atoms with van der Waals surface area (Å²) >= 11 is 0. The van der Waals surface area contributed by atoms with Crippen LogP contribution in [-0.4, -0.2) is 42.4 Å². The second-order valence-corrected chi connectivity index (χ2v) is 5.27. The Hall–Kier alpha value is -0.420. The van der Waals surface area contributed by atoms with E-state index in [1.165, 1.54) is 0 Å². The molecule has 0 bridgehead atoms. The Labute approximate surface area is 113 Å². The highest BCUT2D eigenvalue weighted by molar-refractivity contribution is 5.85. The normalized spacial score (nSPS) is 28.6. The maximum Gasteiger partial charge on any atom is 0.248 e. The third-order valence-corrected chi connectivity index (χ3v) is 3.75. The quantitative estimate of drug-likeness (QED) is 0.798. The van der Waals surface area contributed by atoms with E-state index in [0.717, 1.165) is 6.54 Å². The molecule has 6 heteroatoms. The minimum Gasteiger partial charge on any atom is -0.340 e. The van der Waals surface area contributed by atoms with Crippen LogP contribution in [0.1, 0.15) is 32.6 Å². The fraction of sp³-hybridized carbons (Fsp3) is 0.917. The molecule has 2 rings (SSSR count). The number of carbonyl (C=O) groups is 1. The molecule has 1 saturated heterocycles. The monoisotopic (exact) mass is 282 g/mol. The zero-order valence-corrected chi connectivity index (χ0v) is 11.4. The van der Waals surface area contributed by atoms with Crippen molar-refractivity contribution in [2.75, 3.05) is 19.6 Å². The van der Waals surface area contributed by atoms with Gasteiger partial charge in [0.1, 0.15) is 0 Å². The van der Waals surface area contributed by atoms with Gasteiger partial charge in [-0.15, -0.1) is 12.4 Å². The van der Waals surface area contributed by atoms with Crippen LogP contribution in [0.4, 0.5) is 8.78 Å². The van der Waals surface area contributed by atoms with Crippen LogP contribution < -0.4 is 5.32 Å². The van der Waals surface area contributed by atoms with Crippen molar-refractivity contribution in [2.45, 2.75) is 44.6 Å². The van der Waals surface area contributed by atoms with Crippen LogP contribution in [-0.2, 0) is 4.79 Å². The Balaban J connectivity index is 0.00000162. The molecule has 1 N–H and O–H groups in total. The minimum atomic E-state index is -2.55. The summed E-state index contributed by atoms with van der Waals surface area (Å²) in [7, 11) is 0. The molecule has 3 nitrogen and oxygen atoms in total. The number of hydrogen-bond donors (Lipinski definition) is 1. The Morgan fingerprint density at radius 1 is 1.33 bits per heavy atom. The Morgan fingerprint density at radius 2 is 1.94 bits per heavy atom. The topological polar surface area (TPSA) is 32.3 Å². The van der Waals surface area contributed by atoms with Crippen molar-refractivity contribution >= 4 is 18.3 Å². The molecule has 0 radical (unpaired) electrons. The molecule has 0 spiro atoms. The zero-order valence-electron chi connectivity index (χ0n) is 10.6. The number of amides is 1. The second kappa shape index (κ2) is 6.15. The first-order chi connectivity index (χ1) is 7.98. The molecule has 18 heavy (non-hydrogen) atoms. The second-order valence-electron chi connectivity index (χ2n) is 5.27. The van der Waals surface area contributed by atoms with E-state index >= 15 is 0 Å². The highest BCUT2D eigenvalue weighted by Crippen LogP contribution is 2.36. The number of nitrogens with zero attached hydrogens (tertiary/aromatic N) is 1. The van der Waals surface area contributed by atoms with E-state index in [1.54, 1.807) is 0 Å². The molecule has 2 aliphatic rings. The molecule has 1 amide bonds.